The average Bonchev–Trinajstić information content (AvgIpc) is 3.34. The third-order valence-corrected chi connectivity index (χ3v) is 6.90. The molecule has 0 bridgehead atoms. The van der Waals surface area contributed by atoms with Crippen molar-refractivity contribution in [2.24, 2.45) is 5.41 Å². The van der Waals surface area contributed by atoms with E-state index in [4.69, 9.17) is 5.11 Å². The van der Waals surface area contributed by atoms with E-state index in [9.17, 15) is 27.5 Å². The minimum absolute atomic E-state index is 0.00460. The molecule has 8 nitrogen and oxygen atoms in total. The molecule has 2 atom stereocenters. The number of halogens is 1. The number of aromatic nitrogens is 2. The Morgan fingerprint density at radius 3 is 2.20 bits per heavy atom. The predicted molar refractivity (Wildman–Crippen MR) is 127 cm³/mol. The van der Waals surface area contributed by atoms with Crippen molar-refractivity contribution in [2.45, 2.75) is 30.6 Å². The summed E-state index contributed by atoms with van der Waals surface area (Å²) < 4.78 is 37.0. The van der Waals surface area contributed by atoms with Crippen LogP contribution < -0.4 is 0 Å². The van der Waals surface area contributed by atoms with Gasteiger partial charge in [-0.15, -0.1) is 0 Å². The van der Waals surface area contributed by atoms with Crippen LogP contribution in [0.1, 0.15) is 31.2 Å². The maximum Gasteiger partial charge on any atom is 0.331 e. The van der Waals surface area contributed by atoms with E-state index in [2.05, 4.69) is 5.10 Å². The van der Waals surface area contributed by atoms with E-state index >= 15 is 0 Å². The molecule has 2 aromatic carbocycles. The van der Waals surface area contributed by atoms with Crippen LogP contribution in [0.15, 0.2) is 83.5 Å². The molecule has 184 valence electrons. The molecule has 1 aromatic heterocycles. The van der Waals surface area contributed by atoms with Crippen LogP contribution in [0.4, 0.5) is 4.39 Å². The number of allylic oxidation sites excluding steroid dienone is 1. The number of benzene rings is 2. The lowest BCUT2D eigenvalue weighted by Gasteiger charge is -2.33. The van der Waals surface area contributed by atoms with Crippen LogP contribution in [0.25, 0.3) is 5.69 Å². The zero-order valence-electron chi connectivity index (χ0n) is 19.1. The normalized spacial score (nSPS) is 19.7. The summed E-state index contributed by atoms with van der Waals surface area (Å²) >= 11 is 0. The molecular formula is C25H25FN2O6S. The van der Waals surface area contributed by atoms with Crippen molar-refractivity contribution in [1.82, 2.24) is 9.78 Å². The lowest BCUT2D eigenvalue weighted by atomic mass is 9.69. The standard InChI is InChI=1S/C15H15FO4.C10H10N2O2S/c1-15(14(19)20)7-10(6-11(8-15)13(17)18)9-2-4-12(16)5-3-9;1-15(13,14)10-5-3-9(4-6-10)12-8-2-7-11-12/h2-6,10H,7-8H2,1H3,(H,17,18)(H,19,20);2-8H,1H3. The molecule has 0 radical (unpaired) electrons. The first kappa shape index (κ1) is 25.8. The number of aliphatic carboxylic acids is 2. The van der Waals surface area contributed by atoms with E-state index < -0.39 is 27.2 Å². The number of carbonyl (C=O) groups is 2. The van der Waals surface area contributed by atoms with Gasteiger partial charge in [0, 0.05) is 30.1 Å². The summed E-state index contributed by atoms with van der Waals surface area (Å²) in [5.41, 5.74) is 0.529. The van der Waals surface area contributed by atoms with Gasteiger partial charge in [-0.2, -0.15) is 5.10 Å². The number of rotatable bonds is 5. The summed E-state index contributed by atoms with van der Waals surface area (Å²) in [6.45, 7) is 1.54. The van der Waals surface area contributed by atoms with Crippen molar-refractivity contribution < 1.29 is 32.6 Å². The summed E-state index contributed by atoms with van der Waals surface area (Å²) in [5.74, 6) is -2.84. The van der Waals surface area contributed by atoms with Gasteiger partial charge in [0.05, 0.1) is 16.0 Å². The molecule has 0 saturated heterocycles. The zero-order chi connectivity index (χ0) is 25.8. The van der Waals surface area contributed by atoms with E-state index in [0.717, 1.165) is 11.3 Å². The second-order valence-electron chi connectivity index (χ2n) is 8.62. The van der Waals surface area contributed by atoms with Crippen molar-refractivity contribution in [3.05, 3.63) is 90.0 Å². The Balaban J connectivity index is 0.000000203. The van der Waals surface area contributed by atoms with Crippen LogP contribution in [0.5, 0.6) is 0 Å². The van der Waals surface area contributed by atoms with Crippen LogP contribution in [-0.4, -0.2) is 46.6 Å². The molecule has 3 aromatic rings. The van der Waals surface area contributed by atoms with Gasteiger partial charge in [-0.25, -0.2) is 22.3 Å². The summed E-state index contributed by atoms with van der Waals surface area (Å²) in [4.78, 5) is 22.9. The molecule has 0 spiro atoms. The second kappa shape index (κ2) is 10.2. The minimum atomic E-state index is -3.12. The molecule has 1 aliphatic carbocycles. The first-order valence-electron chi connectivity index (χ1n) is 10.6. The Morgan fingerprint density at radius 1 is 1.09 bits per heavy atom. The van der Waals surface area contributed by atoms with E-state index in [1.165, 1.54) is 18.4 Å². The summed E-state index contributed by atoms with van der Waals surface area (Å²) in [6, 6.07) is 14.1. The Bertz CT molecular complexity index is 1330. The first-order chi connectivity index (χ1) is 16.4. The van der Waals surface area contributed by atoms with Gasteiger partial charge in [0.1, 0.15) is 5.82 Å². The van der Waals surface area contributed by atoms with Gasteiger partial charge >= 0.3 is 11.9 Å². The highest BCUT2D eigenvalue weighted by Gasteiger charge is 2.41. The van der Waals surface area contributed by atoms with Gasteiger partial charge in [0.15, 0.2) is 9.84 Å². The first-order valence-corrected chi connectivity index (χ1v) is 12.5. The highest BCUT2D eigenvalue weighted by atomic mass is 32.2. The van der Waals surface area contributed by atoms with Crippen LogP contribution in [0.2, 0.25) is 0 Å². The van der Waals surface area contributed by atoms with Gasteiger partial charge in [-0.1, -0.05) is 18.2 Å². The van der Waals surface area contributed by atoms with Crippen LogP contribution >= 0.6 is 0 Å². The Morgan fingerprint density at radius 2 is 1.71 bits per heavy atom. The van der Waals surface area contributed by atoms with Crippen molar-refractivity contribution in [2.75, 3.05) is 6.26 Å². The molecule has 2 N–H and O–H groups in total. The topological polar surface area (TPSA) is 127 Å². The Labute approximate surface area is 202 Å². The molecule has 35 heavy (non-hydrogen) atoms. The quantitative estimate of drug-likeness (QED) is 0.540. The molecule has 1 aliphatic rings. The van der Waals surface area contributed by atoms with Crippen LogP contribution in [0.3, 0.4) is 0 Å². The smallest absolute Gasteiger partial charge is 0.331 e. The van der Waals surface area contributed by atoms with E-state index in [1.807, 2.05) is 6.07 Å². The number of sulfone groups is 1. The summed E-state index contributed by atoms with van der Waals surface area (Å²) in [7, 11) is -3.12. The lowest BCUT2D eigenvalue weighted by Crippen LogP contribution is -2.34. The zero-order valence-corrected chi connectivity index (χ0v) is 19.9. The van der Waals surface area contributed by atoms with Gasteiger partial charge in [0.2, 0.25) is 0 Å². The van der Waals surface area contributed by atoms with Crippen molar-refractivity contribution in [1.29, 1.82) is 0 Å². The fraction of sp³-hybridized carbons (Fsp3) is 0.240. The molecule has 0 amide bonds. The predicted octanol–water partition coefficient (Wildman–Crippen LogP) is 4.08. The van der Waals surface area contributed by atoms with Crippen LogP contribution in [0, 0.1) is 11.2 Å². The van der Waals surface area contributed by atoms with Crippen molar-refractivity contribution >= 4 is 21.8 Å². The molecule has 0 aliphatic heterocycles. The molecule has 10 heteroatoms. The van der Waals surface area contributed by atoms with E-state index in [1.54, 1.807) is 66.5 Å². The molecule has 4 rings (SSSR count). The molecule has 0 saturated carbocycles. The molecule has 2 unspecified atom stereocenters. The third-order valence-electron chi connectivity index (χ3n) is 5.78. The SMILES string of the molecule is CC1(C(=O)O)CC(C(=O)O)=CC(c2ccc(F)cc2)C1.CS(=O)(=O)c1ccc(-n2cccn2)cc1. The Hall–Kier alpha value is -3.79. The fourth-order valence-electron chi connectivity index (χ4n) is 3.84. The maximum absolute atomic E-state index is 12.9. The Kier molecular flexibility index (Phi) is 7.54. The highest BCUT2D eigenvalue weighted by Crippen LogP contribution is 2.43. The van der Waals surface area contributed by atoms with Crippen molar-refractivity contribution in [3.63, 3.8) is 0 Å². The maximum atomic E-state index is 12.9. The number of hydrogen-bond acceptors (Lipinski definition) is 5. The number of hydrogen-bond donors (Lipinski definition) is 2. The van der Waals surface area contributed by atoms with Crippen molar-refractivity contribution in [3.8, 4) is 5.69 Å². The molecular weight excluding hydrogens is 475 g/mol. The van der Waals surface area contributed by atoms with E-state index in [0.29, 0.717) is 11.3 Å². The van der Waals surface area contributed by atoms with Gasteiger partial charge in [0.25, 0.3) is 0 Å². The molecule has 0 fully saturated rings. The third kappa shape index (κ3) is 6.42. The van der Waals surface area contributed by atoms with Crippen LogP contribution in [-0.2, 0) is 19.4 Å². The van der Waals surface area contributed by atoms with Gasteiger partial charge in [-0.05, 0) is 67.8 Å². The molecule has 1 heterocycles. The minimum Gasteiger partial charge on any atom is -0.481 e. The monoisotopic (exact) mass is 500 g/mol. The second-order valence-corrected chi connectivity index (χ2v) is 10.6. The average molecular weight is 501 g/mol. The largest absolute Gasteiger partial charge is 0.481 e. The number of carboxylic acids is 2. The van der Waals surface area contributed by atoms with Gasteiger partial charge in [-0.3, -0.25) is 4.79 Å². The summed E-state index contributed by atoms with van der Waals surface area (Å²) in [6.07, 6.45) is 6.52. The number of carboxylic acid groups (broad SMARTS) is 2. The van der Waals surface area contributed by atoms with Gasteiger partial charge < -0.3 is 10.2 Å². The fourth-order valence-corrected chi connectivity index (χ4v) is 4.47. The number of nitrogens with zero attached hydrogens (tertiary/aromatic N) is 2. The summed E-state index contributed by atoms with van der Waals surface area (Å²) in [5, 5.41) is 22.5. The van der Waals surface area contributed by atoms with E-state index in [-0.39, 0.29) is 23.7 Å². The lowest BCUT2D eigenvalue weighted by molar-refractivity contribution is -0.149. The highest BCUT2D eigenvalue weighted by molar-refractivity contribution is 7.90.